The SMILES string of the molecule is CCC(NC(=O)/C(C#N)=C\NC(C)c1ccccc1)c1ccc2c(c1)CCCC2. The van der Waals surface area contributed by atoms with E-state index in [0.29, 0.717) is 0 Å². The molecule has 1 amide bonds. The fourth-order valence-electron chi connectivity index (χ4n) is 3.82. The number of fused-ring (bicyclic) bond motifs is 1. The van der Waals surface area contributed by atoms with Crippen LogP contribution in [0.4, 0.5) is 0 Å². The number of rotatable bonds is 7. The van der Waals surface area contributed by atoms with E-state index < -0.39 is 0 Å². The summed E-state index contributed by atoms with van der Waals surface area (Å²) in [5.74, 6) is -0.343. The van der Waals surface area contributed by atoms with Gasteiger partial charge in [-0.05, 0) is 61.3 Å². The Hall–Kier alpha value is -3.06. The zero-order valence-corrected chi connectivity index (χ0v) is 17.2. The Labute approximate surface area is 173 Å². The summed E-state index contributed by atoms with van der Waals surface area (Å²) < 4.78 is 0. The lowest BCUT2D eigenvalue weighted by Crippen LogP contribution is -2.30. The number of nitriles is 1. The summed E-state index contributed by atoms with van der Waals surface area (Å²) >= 11 is 0. The summed E-state index contributed by atoms with van der Waals surface area (Å²) in [5, 5.41) is 15.7. The monoisotopic (exact) mass is 387 g/mol. The first-order valence-electron chi connectivity index (χ1n) is 10.5. The number of hydrogen-bond donors (Lipinski definition) is 2. The molecule has 0 spiro atoms. The maximum atomic E-state index is 12.7. The molecule has 2 atom stereocenters. The van der Waals surface area contributed by atoms with Crippen molar-refractivity contribution in [3.8, 4) is 6.07 Å². The molecule has 2 N–H and O–H groups in total. The molecule has 0 aliphatic heterocycles. The van der Waals surface area contributed by atoms with E-state index in [1.165, 1.54) is 30.2 Å². The lowest BCUT2D eigenvalue weighted by Gasteiger charge is -2.21. The van der Waals surface area contributed by atoms with Gasteiger partial charge in [0.05, 0.1) is 6.04 Å². The maximum absolute atomic E-state index is 12.7. The van der Waals surface area contributed by atoms with E-state index in [2.05, 4.69) is 35.8 Å². The van der Waals surface area contributed by atoms with E-state index in [1.54, 1.807) is 0 Å². The molecule has 150 valence electrons. The van der Waals surface area contributed by atoms with Gasteiger partial charge in [-0.2, -0.15) is 5.26 Å². The molecule has 1 aliphatic carbocycles. The van der Waals surface area contributed by atoms with Crippen LogP contribution in [0.5, 0.6) is 0 Å². The fourth-order valence-corrected chi connectivity index (χ4v) is 3.82. The van der Waals surface area contributed by atoms with Crippen LogP contribution >= 0.6 is 0 Å². The van der Waals surface area contributed by atoms with Crippen LogP contribution in [0.1, 0.15) is 67.4 Å². The van der Waals surface area contributed by atoms with Gasteiger partial charge in [0.1, 0.15) is 11.6 Å². The standard InChI is InChI=1S/C25H29N3O/c1-3-24(22-14-13-20-11-7-8-12-21(20)15-22)28-25(29)23(16-26)17-27-18(2)19-9-5-4-6-10-19/h4-6,9-10,13-15,17-18,24,27H,3,7-8,11-12H2,1-2H3,(H,28,29)/b23-17-. The van der Waals surface area contributed by atoms with Crippen LogP contribution in [0, 0.1) is 11.3 Å². The van der Waals surface area contributed by atoms with E-state index in [9.17, 15) is 10.1 Å². The van der Waals surface area contributed by atoms with E-state index in [1.807, 2.05) is 43.3 Å². The van der Waals surface area contributed by atoms with Gasteiger partial charge in [-0.1, -0.05) is 55.5 Å². The van der Waals surface area contributed by atoms with Crippen molar-refractivity contribution in [2.45, 2.75) is 58.0 Å². The number of hydrogen-bond acceptors (Lipinski definition) is 3. The molecule has 0 heterocycles. The summed E-state index contributed by atoms with van der Waals surface area (Å²) in [6.45, 7) is 4.05. The molecule has 4 heteroatoms. The van der Waals surface area contributed by atoms with Crippen molar-refractivity contribution in [2.75, 3.05) is 0 Å². The first kappa shape index (κ1) is 20.7. The molecule has 0 saturated carbocycles. The average Bonchev–Trinajstić information content (AvgIpc) is 2.78. The van der Waals surface area contributed by atoms with Gasteiger partial charge < -0.3 is 10.6 Å². The van der Waals surface area contributed by atoms with Crippen molar-refractivity contribution in [3.63, 3.8) is 0 Å². The zero-order valence-electron chi connectivity index (χ0n) is 17.2. The second-order valence-corrected chi connectivity index (χ2v) is 7.64. The molecule has 4 nitrogen and oxygen atoms in total. The van der Waals surface area contributed by atoms with Crippen molar-refractivity contribution in [1.29, 1.82) is 5.26 Å². The van der Waals surface area contributed by atoms with Crippen LogP contribution in [-0.2, 0) is 17.6 Å². The van der Waals surface area contributed by atoms with Crippen LogP contribution in [0.2, 0.25) is 0 Å². The number of benzene rings is 2. The van der Waals surface area contributed by atoms with Crippen molar-refractivity contribution >= 4 is 5.91 Å². The Morgan fingerprint density at radius 2 is 1.83 bits per heavy atom. The van der Waals surface area contributed by atoms with Crippen molar-refractivity contribution in [2.24, 2.45) is 0 Å². The Balaban J connectivity index is 1.68. The van der Waals surface area contributed by atoms with Crippen molar-refractivity contribution in [1.82, 2.24) is 10.6 Å². The highest BCUT2D eigenvalue weighted by molar-refractivity contribution is 5.97. The number of amides is 1. The molecular weight excluding hydrogens is 358 g/mol. The van der Waals surface area contributed by atoms with Crippen molar-refractivity contribution < 1.29 is 4.79 Å². The predicted octanol–water partition coefficient (Wildman–Crippen LogP) is 4.89. The minimum Gasteiger partial charge on any atom is -0.383 e. The molecular formula is C25H29N3O. The highest BCUT2D eigenvalue weighted by Gasteiger charge is 2.18. The maximum Gasteiger partial charge on any atom is 0.263 e. The van der Waals surface area contributed by atoms with Gasteiger partial charge in [0, 0.05) is 12.2 Å². The van der Waals surface area contributed by atoms with E-state index >= 15 is 0 Å². The third kappa shape index (κ3) is 5.26. The van der Waals surface area contributed by atoms with Crippen LogP contribution < -0.4 is 10.6 Å². The minimum absolute atomic E-state index is 0.00923. The first-order valence-corrected chi connectivity index (χ1v) is 10.5. The van der Waals surface area contributed by atoms with Gasteiger partial charge in [0.15, 0.2) is 0 Å². The molecule has 0 radical (unpaired) electrons. The molecule has 2 aromatic carbocycles. The van der Waals surface area contributed by atoms with Crippen LogP contribution in [0.25, 0.3) is 0 Å². The first-order chi connectivity index (χ1) is 14.1. The molecule has 0 saturated heterocycles. The largest absolute Gasteiger partial charge is 0.383 e. The highest BCUT2D eigenvalue weighted by atomic mass is 16.1. The van der Waals surface area contributed by atoms with Gasteiger partial charge in [-0.15, -0.1) is 0 Å². The molecule has 0 bridgehead atoms. The quantitative estimate of drug-likeness (QED) is 0.525. The van der Waals surface area contributed by atoms with E-state index in [0.717, 1.165) is 30.4 Å². The summed E-state index contributed by atoms with van der Waals surface area (Å²) in [6.07, 6.45) is 7.03. The summed E-state index contributed by atoms with van der Waals surface area (Å²) in [5.41, 5.74) is 5.13. The lowest BCUT2D eigenvalue weighted by atomic mass is 9.88. The normalized spacial score (nSPS) is 15.6. The molecule has 1 aliphatic rings. The number of aryl methyl sites for hydroxylation is 2. The highest BCUT2D eigenvalue weighted by Crippen LogP contribution is 2.26. The Morgan fingerprint density at radius 1 is 1.10 bits per heavy atom. The number of carbonyl (C=O) groups is 1. The second kappa shape index (κ2) is 9.93. The number of carbonyl (C=O) groups excluding carboxylic acids is 1. The third-order valence-electron chi connectivity index (χ3n) is 5.63. The number of nitrogens with zero attached hydrogens (tertiary/aromatic N) is 1. The molecule has 2 unspecified atom stereocenters. The predicted molar refractivity (Wildman–Crippen MR) is 116 cm³/mol. The Morgan fingerprint density at radius 3 is 2.52 bits per heavy atom. The lowest BCUT2D eigenvalue weighted by molar-refractivity contribution is -0.117. The van der Waals surface area contributed by atoms with Gasteiger partial charge in [0.25, 0.3) is 5.91 Å². The summed E-state index contributed by atoms with van der Waals surface area (Å²) in [7, 11) is 0. The van der Waals surface area contributed by atoms with Crippen LogP contribution in [0.15, 0.2) is 60.3 Å². The van der Waals surface area contributed by atoms with Crippen molar-refractivity contribution in [3.05, 3.63) is 82.6 Å². The summed E-state index contributed by atoms with van der Waals surface area (Å²) in [4.78, 5) is 12.7. The smallest absolute Gasteiger partial charge is 0.263 e. The topological polar surface area (TPSA) is 64.9 Å². The zero-order chi connectivity index (χ0) is 20.6. The second-order valence-electron chi connectivity index (χ2n) is 7.64. The van der Waals surface area contributed by atoms with E-state index in [4.69, 9.17) is 0 Å². The molecule has 0 fully saturated rings. The molecule has 2 aromatic rings. The van der Waals surface area contributed by atoms with Crippen LogP contribution in [-0.4, -0.2) is 5.91 Å². The number of nitrogens with one attached hydrogen (secondary N) is 2. The average molecular weight is 388 g/mol. The fraction of sp³-hybridized carbons (Fsp3) is 0.360. The minimum atomic E-state index is -0.343. The molecule has 29 heavy (non-hydrogen) atoms. The Kier molecular flexibility index (Phi) is 7.08. The van der Waals surface area contributed by atoms with E-state index in [-0.39, 0.29) is 23.6 Å². The summed E-state index contributed by atoms with van der Waals surface area (Å²) in [6, 6.07) is 18.4. The van der Waals surface area contributed by atoms with Crippen LogP contribution in [0.3, 0.4) is 0 Å². The van der Waals surface area contributed by atoms with Gasteiger partial charge in [-0.25, -0.2) is 0 Å². The third-order valence-corrected chi connectivity index (χ3v) is 5.63. The van der Waals surface area contributed by atoms with Gasteiger partial charge in [-0.3, -0.25) is 4.79 Å². The Bertz CT molecular complexity index is 911. The van der Waals surface area contributed by atoms with Gasteiger partial charge >= 0.3 is 0 Å². The molecule has 3 rings (SSSR count). The van der Waals surface area contributed by atoms with Gasteiger partial charge in [0.2, 0.25) is 0 Å². The molecule has 0 aromatic heterocycles.